The highest BCUT2D eigenvalue weighted by molar-refractivity contribution is 9.10. The maximum Gasteiger partial charge on any atom is 0.303 e. The lowest BCUT2D eigenvalue weighted by molar-refractivity contribution is -0.137. The van der Waals surface area contributed by atoms with Crippen molar-refractivity contribution in [2.24, 2.45) is 5.73 Å². The quantitative estimate of drug-likeness (QED) is 0.770. The molecule has 1 amide bonds. The highest BCUT2D eigenvalue weighted by atomic mass is 79.9. The van der Waals surface area contributed by atoms with E-state index in [9.17, 15) is 14.0 Å². The molecular formula is C11H12BrFN2O3. The van der Waals surface area contributed by atoms with Crippen LogP contribution in [-0.2, 0) is 9.59 Å². The number of amides is 1. The number of halogens is 2. The lowest BCUT2D eigenvalue weighted by atomic mass is 10.1. The second-order valence-corrected chi connectivity index (χ2v) is 4.51. The minimum Gasteiger partial charge on any atom is -0.481 e. The van der Waals surface area contributed by atoms with E-state index >= 15 is 0 Å². The topological polar surface area (TPSA) is 92.4 Å². The first kappa shape index (κ1) is 14.6. The molecule has 0 fully saturated rings. The molecule has 0 aliphatic heterocycles. The van der Waals surface area contributed by atoms with Crippen LogP contribution in [0.5, 0.6) is 0 Å². The van der Waals surface area contributed by atoms with Crippen LogP contribution >= 0.6 is 15.9 Å². The van der Waals surface area contributed by atoms with Crippen molar-refractivity contribution in [2.75, 3.05) is 5.32 Å². The third kappa shape index (κ3) is 4.42. The zero-order valence-corrected chi connectivity index (χ0v) is 10.9. The highest BCUT2D eigenvalue weighted by Gasteiger charge is 2.16. The van der Waals surface area contributed by atoms with E-state index in [2.05, 4.69) is 21.2 Å². The molecule has 1 rings (SSSR count). The number of carbonyl (C=O) groups is 2. The van der Waals surface area contributed by atoms with Gasteiger partial charge in [-0.25, -0.2) is 4.39 Å². The molecule has 1 aromatic rings. The van der Waals surface area contributed by atoms with Crippen LogP contribution < -0.4 is 11.1 Å². The minimum atomic E-state index is -1.01. The number of carbonyl (C=O) groups excluding carboxylic acids is 1. The Bertz CT molecular complexity index is 468. The number of hydrogen-bond donors (Lipinski definition) is 3. The molecule has 0 aromatic heterocycles. The van der Waals surface area contributed by atoms with Crippen molar-refractivity contribution >= 4 is 33.5 Å². The van der Waals surface area contributed by atoms with Crippen molar-refractivity contribution in [2.45, 2.75) is 18.9 Å². The van der Waals surface area contributed by atoms with Crippen LogP contribution in [0.2, 0.25) is 0 Å². The normalized spacial score (nSPS) is 11.9. The number of nitrogens with two attached hydrogens (primary N) is 1. The van der Waals surface area contributed by atoms with Gasteiger partial charge in [0.2, 0.25) is 5.91 Å². The summed E-state index contributed by atoms with van der Waals surface area (Å²) in [5.74, 6) is -1.96. The minimum absolute atomic E-state index is 0.0416. The van der Waals surface area contributed by atoms with Crippen LogP contribution in [0.15, 0.2) is 22.7 Å². The van der Waals surface area contributed by atoms with Gasteiger partial charge in [-0.15, -0.1) is 0 Å². The van der Waals surface area contributed by atoms with Crippen molar-refractivity contribution in [3.63, 3.8) is 0 Å². The van der Waals surface area contributed by atoms with Crippen molar-refractivity contribution in [1.82, 2.24) is 0 Å². The van der Waals surface area contributed by atoms with E-state index in [1.165, 1.54) is 18.2 Å². The molecule has 0 spiro atoms. The predicted molar refractivity (Wildman–Crippen MR) is 67.6 cm³/mol. The number of benzene rings is 1. The molecule has 0 heterocycles. The summed E-state index contributed by atoms with van der Waals surface area (Å²) in [5, 5.41) is 11.0. The molecule has 0 aliphatic carbocycles. The van der Waals surface area contributed by atoms with Crippen LogP contribution in [0.3, 0.4) is 0 Å². The second-order valence-electron chi connectivity index (χ2n) is 3.65. The Labute approximate surface area is 111 Å². The molecule has 1 atom stereocenters. The predicted octanol–water partition coefficient (Wildman–Crippen LogP) is 1.72. The number of rotatable bonds is 5. The number of anilines is 1. The molecule has 98 valence electrons. The lowest BCUT2D eigenvalue weighted by Gasteiger charge is -2.12. The van der Waals surface area contributed by atoms with Gasteiger partial charge in [0, 0.05) is 10.9 Å². The summed E-state index contributed by atoms with van der Waals surface area (Å²) in [4.78, 5) is 22.0. The molecule has 4 N–H and O–H groups in total. The smallest absolute Gasteiger partial charge is 0.303 e. The van der Waals surface area contributed by atoms with Gasteiger partial charge in [0.1, 0.15) is 5.82 Å². The van der Waals surface area contributed by atoms with E-state index in [0.717, 1.165) is 0 Å². The number of aliphatic carboxylic acids is 1. The molecule has 0 saturated heterocycles. The molecule has 7 heteroatoms. The van der Waals surface area contributed by atoms with E-state index in [1.807, 2.05) is 0 Å². The fourth-order valence-corrected chi connectivity index (χ4v) is 1.68. The van der Waals surface area contributed by atoms with Gasteiger partial charge in [-0.3, -0.25) is 9.59 Å². The second kappa shape index (κ2) is 6.46. The average Bonchev–Trinajstić information content (AvgIpc) is 2.29. The summed E-state index contributed by atoms with van der Waals surface area (Å²) >= 11 is 3.10. The van der Waals surface area contributed by atoms with Crippen molar-refractivity contribution in [3.05, 3.63) is 28.5 Å². The Morgan fingerprint density at radius 2 is 2.17 bits per heavy atom. The summed E-state index contributed by atoms with van der Waals surface area (Å²) in [7, 11) is 0. The Balaban J connectivity index is 2.61. The van der Waals surface area contributed by atoms with Crippen LogP contribution in [0.1, 0.15) is 12.8 Å². The fourth-order valence-electron chi connectivity index (χ4n) is 1.23. The lowest BCUT2D eigenvalue weighted by Crippen LogP contribution is -2.36. The largest absolute Gasteiger partial charge is 0.481 e. The third-order valence-corrected chi connectivity index (χ3v) is 2.85. The zero-order chi connectivity index (χ0) is 13.7. The molecule has 5 nitrogen and oxygen atoms in total. The first-order chi connectivity index (χ1) is 8.40. The summed E-state index contributed by atoms with van der Waals surface area (Å²) in [5.41, 5.74) is 5.91. The van der Waals surface area contributed by atoms with Crippen molar-refractivity contribution in [3.8, 4) is 0 Å². The van der Waals surface area contributed by atoms with Crippen LogP contribution in [0.25, 0.3) is 0 Å². The van der Waals surface area contributed by atoms with Gasteiger partial charge in [-0.2, -0.15) is 0 Å². The SMILES string of the molecule is NC(CCC(=O)O)C(=O)Nc1ccc(F)cc1Br. The van der Waals surface area contributed by atoms with E-state index in [4.69, 9.17) is 10.8 Å². The Kier molecular flexibility index (Phi) is 5.24. The summed E-state index contributed by atoms with van der Waals surface area (Å²) < 4.78 is 13.2. The zero-order valence-electron chi connectivity index (χ0n) is 9.32. The number of nitrogens with one attached hydrogen (secondary N) is 1. The van der Waals surface area contributed by atoms with E-state index in [1.54, 1.807) is 0 Å². The van der Waals surface area contributed by atoms with Gasteiger partial charge in [0.25, 0.3) is 0 Å². The van der Waals surface area contributed by atoms with Crippen molar-refractivity contribution < 1.29 is 19.1 Å². The van der Waals surface area contributed by atoms with Crippen LogP contribution in [-0.4, -0.2) is 23.0 Å². The Hall–Kier alpha value is -1.47. The maximum absolute atomic E-state index is 12.8. The molecule has 0 radical (unpaired) electrons. The molecule has 0 aliphatic rings. The van der Waals surface area contributed by atoms with Gasteiger partial charge in [0.15, 0.2) is 0 Å². The first-order valence-electron chi connectivity index (χ1n) is 5.13. The Morgan fingerprint density at radius 3 is 2.72 bits per heavy atom. The summed E-state index contributed by atoms with van der Waals surface area (Å²) in [6.45, 7) is 0. The van der Waals surface area contributed by atoms with E-state index in [-0.39, 0.29) is 12.8 Å². The molecule has 1 aromatic carbocycles. The number of carboxylic acid groups (broad SMARTS) is 1. The molecule has 18 heavy (non-hydrogen) atoms. The van der Waals surface area contributed by atoms with Gasteiger partial charge in [-0.05, 0) is 40.5 Å². The van der Waals surface area contributed by atoms with Gasteiger partial charge >= 0.3 is 5.97 Å². The van der Waals surface area contributed by atoms with Gasteiger partial charge < -0.3 is 16.2 Å². The van der Waals surface area contributed by atoms with Crippen molar-refractivity contribution in [1.29, 1.82) is 0 Å². The third-order valence-electron chi connectivity index (χ3n) is 2.19. The average molecular weight is 319 g/mol. The maximum atomic E-state index is 12.8. The molecule has 0 bridgehead atoms. The number of hydrogen-bond acceptors (Lipinski definition) is 3. The van der Waals surface area contributed by atoms with Crippen LogP contribution in [0, 0.1) is 5.82 Å². The summed E-state index contributed by atoms with van der Waals surface area (Å²) in [6, 6.07) is 2.88. The summed E-state index contributed by atoms with van der Waals surface area (Å²) in [6.07, 6.45) is -0.140. The molecule has 0 saturated carbocycles. The monoisotopic (exact) mass is 318 g/mol. The standard InChI is InChI=1S/C11H12BrFN2O3/c12-7-5-6(13)1-3-9(7)15-11(18)8(14)2-4-10(16)17/h1,3,5,8H,2,4,14H2,(H,15,18)(H,16,17). The van der Waals surface area contributed by atoms with E-state index < -0.39 is 23.7 Å². The highest BCUT2D eigenvalue weighted by Crippen LogP contribution is 2.23. The Morgan fingerprint density at radius 1 is 1.50 bits per heavy atom. The number of carboxylic acids is 1. The van der Waals surface area contributed by atoms with Crippen LogP contribution in [0.4, 0.5) is 10.1 Å². The first-order valence-corrected chi connectivity index (χ1v) is 5.92. The van der Waals surface area contributed by atoms with Gasteiger partial charge in [-0.1, -0.05) is 0 Å². The van der Waals surface area contributed by atoms with E-state index in [0.29, 0.717) is 10.2 Å². The fraction of sp³-hybridized carbons (Fsp3) is 0.273. The molecular weight excluding hydrogens is 307 g/mol. The molecule has 1 unspecified atom stereocenters. The van der Waals surface area contributed by atoms with Gasteiger partial charge in [0.05, 0.1) is 11.7 Å².